The van der Waals surface area contributed by atoms with Gasteiger partial charge in [0.15, 0.2) is 0 Å². The topological polar surface area (TPSA) is 66.5 Å². The molecule has 2 aromatic carbocycles. The molecule has 1 aliphatic heterocycles. The maximum atomic E-state index is 14.6. The van der Waals surface area contributed by atoms with Crippen LogP contribution in [0.3, 0.4) is 0 Å². The quantitative estimate of drug-likeness (QED) is 0.660. The summed E-state index contributed by atoms with van der Waals surface area (Å²) in [6.45, 7) is 2.33. The second-order valence-corrected chi connectivity index (χ2v) is 6.72. The summed E-state index contributed by atoms with van der Waals surface area (Å²) in [6.07, 6.45) is 1.50. The van der Waals surface area contributed by atoms with Crippen molar-refractivity contribution in [1.82, 2.24) is 4.98 Å². The van der Waals surface area contributed by atoms with Gasteiger partial charge in [-0.25, -0.2) is 13.8 Å². The molecule has 2 heterocycles. The minimum absolute atomic E-state index is 0.200. The number of aromatic nitrogens is 1. The molecule has 6 nitrogen and oxygen atoms in total. The molecule has 0 bridgehead atoms. The second-order valence-electron chi connectivity index (χ2n) is 6.72. The number of ether oxygens (including phenoxy) is 1. The Balaban J connectivity index is 1.52. The molecule has 1 aromatic heterocycles. The van der Waals surface area contributed by atoms with Crippen molar-refractivity contribution < 1.29 is 18.3 Å². The predicted molar refractivity (Wildman–Crippen MR) is 111 cm³/mol. The fourth-order valence-electron chi connectivity index (χ4n) is 3.22. The van der Waals surface area contributed by atoms with Crippen LogP contribution in [0.4, 0.5) is 31.7 Å². The summed E-state index contributed by atoms with van der Waals surface area (Å²) >= 11 is 0. The van der Waals surface area contributed by atoms with E-state index in [0.29, 0.717) is 37.7 Å². The van der Waals surface area contributed by atoms with Gasteiger partial charge in [0.1, 0.15) is 17.5 Å². The van der Waals surface area contributed by atoms with Crippen molar-refractivity contribution >= 4 is 28.8 Å². The van der Waals surface area contributed by atoms with Gasteiger partial charge in [-0.05, 0) is 42.5 Å². The fraction of sp³-hybridized carbons (Fsp3) is 0.182. The highest BCUT2D eigenvalue weighted by molar-refractivity contribution is 6.07. The van der Waals surface area contributed by atoms with Crippen LogP contribution in [0, 0.1) is 11.6 Å². The summed E-state index contributed by atoms with van der Waals surface area (Å²) in [5.41, 5.74) is 1.19. The number of carbonyl (C=O) groups is 1. The molecule has 0 aliphatic carbocycles. The smallest absolute Gasteiger partial charge is 0.259 e. The molecular weight excluding hydrogens is 390 g/mol. The zero-order valence-corrected chi connectivity index (χ0v) is 16.1. The van der Waals surface area contributed by atoms with Crippen LogP contribution in [0.5, 0.6) is 0 Å². The summed E-state index contributed by atoms with van der Waals surface area (Å²) in [7, 11) is 0. The van der Waals surface area contributed by atoms with Crippen molar-refractivity contribution in [3.05, 3.63) is 78.0 Å². The van der Waals surface area contributed by atoms with Crippen LogP contribution >= 0.6 is 0 Å². The van der Waals surface area contributed by atoms with Crippen LogP contribution in [0.2, 0.25) is 0 Å². The van der Waals surface area contributed by atoms with E-state index in [1.807, 2.05) is 4.90 Å². The second kappa shape index (κ2) is 8.87. The molecule has 0 atom stereocenters. The molecule has 1 amide bonds. The van der Waals surface area contributed by atoms with E-state index in [2.05, 4.69) is 15.6 Å². The minimum atomic E-state index is -0.486. The number of carbonyl (C=O) groups excluding carboxylic acids is 1. The highest BCUT2D eigenvalue weighted by atomic mass is 19.1. The molecule has 1 fully saturated rings. The first-order chi connectivity index (χ1) is 14.6. The number of nitrogens with one attached hydrogen (secondary N) is 2. The number of nitrogens with zero attached hydrogens (tertiary/aromatic N) is 2. The zero-order valence-electron chi connectivity index (χ0n) is 16.1. The molecule has 0 spiro atoms. The van der Waals surface area contributed by atoms with Crippen molar-refractivity contribution in [1.29, 1.82) is 0 Å². The summed E-state index contributed by atoms with van der Waals surface area (Å²) in [6, 6.07) is 13.8. The van der Waals surface area contributed by atoms with Gasteiger partial charge in [-0.1, -0.05) is 12.1 Å². The third-order valence-corrected chi connectivity index (χ3v) is 4.74. The van der Waals surface area contributed by atoms with Gasteiger partial charge < -0.3 is 20.3 Å². The number of halogens is 2. The maximum absolute atomic E-state index is 14.6. The largest absolute Gasteiger partial charge is 0.378 e. The number of amides is 1. The Kier molecular flexibility index (Phi) is 5.85. The normalized spacial score (nSPS) is 13.7. The summed E-state index contributed by atoms with van der Waals surface area (Å²) in [4.78, 5) is 18.8. The SMILES string of the molecule is O=C(Nc1ccc(N2CCOCC2)c(F)c1)c1cccnc1Nc1ccccc1F. The van der Waals surface area contributed by atoms with E-state index in [1.54, 1.807) is 42.5 Å². The lowest BCUT2D eigenvalue weighted by atomic mass is 10.2. The Labute approximate surface area is 172 Å². The lowest BCUT2D eigenvalue weighted by Crippen LogP contribution is -2.36. The van der Waals surface area contributed by atoms with E-state index in [4.69, 9.17) is 4.74 Å². The van der Waals surface area contributed by atoms with Crippen LogP contribution < -0.4 is 15.5 Å². The van der Waals surface area contributed by atoms with E-state index in [9.17, 15) is 13.6 Å². The Morgan fingerprint density at radius 2 is 1.80 bits per heavy atom. The first-order valence-electron chi connectivity index (χ1n) is 9.52. The molecule has 0 saturated carbocycles. The van der Waals surface area contributed by atoms with Crippen LogP contribution in [0.1, 0.15) is 10.4 Å². The van der Waals surface area contributed by atoms with Gasteiger partial charge in [0.05, 0.1) is 30.2 Å². The molecule has 30 heavy (non-hydrogen) atoms. The number of morpholine rings is 1. The number of pyridine rings is 1. The standard InChI is InChI=1S/C22H20F2N4O2/c23-17-5-1-2-6-19(17)27-21-16(4-3-9-25-21)22(29)26-15-7-8-20(18(24)14-15)28-10-12-30-13-11-28/h1-9,14H,10-13H2,(H,25,27)(H,26,29). The van der Waals surface area contributed by atoms with Crippen molar-refractivity contribution in [3.8, 4) is 0 Å². The number of hydrogen-bond acceptors (Lipinski definition) is 5. The van der Waals surface area contributed by atoms with Gasteiger partial charge in [0.2, 0.25) is 0 Å². The van der Waals surface area contributed by atoms with E-state index >= 15 is 0 Å². The van der Waals surface area contributed by atoms with Gasteiger partial charge in [-0.2, -0.15) is 0 Å². The maximum Gasteiger partial charge on any atom is 0.259 e. The van der Waals surface area contributed by atoms with Crippen LogP contribution in [0.15, 0.2) is 60.8 Å². The molecule has 154 valence electrons. The predicted octanol–water partition coefficient (Wildman–Crippen LogP) is 4.19. The van der Waals surface area contributed by atoms with Gasteiger partial charge in [-0.15, -0.1) is 0 Å². The van der Waals surface area contributed by atoms with Gasteiger partial charge >= 0.3 is 0 Å². The monoisotopic (exact) mass is 410 g/mol. The van der Waals surface area contributed by atoms with Crippen molar-refractivity contribution in [3.63, 3.8) is 0 Å². The average molecular weight is 410 g/mol. The number of para-hydroxylation sites is 1. The molecular formula is C22H20F2N4O2. The first-order valence-corrected chi connectivity index (χ1v) is 9.52. The molecule has 1 aliphatic rings. The summed E-state index contributed by atoms with van der Waals surface area (Å²) in [5, 5.41) is 5.51. The van der Waals surface area contributed by atoms with Crippen molar-refractivity contribution in [2.75, 3.05) is 41.8 Å². The third kappa shape index (κ3) is 4.38. The Bertz CT molecular complexity index is 1050. The van der Waals surface area contributed by atoms with E-state index in [1.165, 1.54) is 18.3 Å². The summed E-state index contributed by atoms with van der Waals surface area (Å²) in [5.74, 6) is -1.17. The lowest BCUT2D eigenvalue weighted by molar-refractivity contribution is 0.102. The van der Waals surface area contributed by atoms with Crippen molar-refractivity contribution in [2.45, 2.75) is 0 Å². The van der Waals surface area contributed by atoms with Gasteiger partial charge in [0.25, 0.3) is 5.91 Å². The fourth-order valence-corrected chi connectivity index (χ4v) is 3.22. The van der Waals surface area contributed by atoms with Crippen LogP contribution in [-0.4, -0.2) is 37.2 Å². The highest BCUT2D eigenvalue weighted by Crippen LogP contribution is 2.25. The molecule has 3 aromatic rings. The lowest BCUT2D eigenvalue weighted by Gasteiger charge is -2.29. The Morgan fingerprint density at radius 3 is 2.57 bits per heavy atom. The molecule has 8 heteroatoms. The molecule has 0 radical (unpaired) electrons. The molecule has 0 unspecified atom stereocenters. The number of rotatable bonds is 5. The highest BCUT2D eigenvalue weighted by Gasteiger charge is 2.17. The number of benzene rings is 2. The molecule has 4 rings (SSSR count). The van der Waals surface area contributed by atoms with E-state index in [-0.39, 0.29) is 17.1 Å². The van der Waals surface area contributed by atoms with Gasteiger partial charge in [-0.3, -0.25) is 4.79 Å². The molecule has 2 N–H and O–H groups in total. The third-order valence-electron chi connectivity index (χ3n) is 4.74. The Hall–Kier alpha value is -3.52. The Morgan fingerprint density at radius 1 is 1.00 bits per heavy atom. The van der Waals surface area contributed by atoms with Gasteiger partial charge in [0, 0.05) is 25.0 Å². The van der Waals surface area contributed by atoms with Crippen molar-refractivity contribution in [2.24, 2.45) is 0 Å². The number of hydrogen-bond donors (Lipinski definition) is 2. The average Bonchev–Trinajstić information content (AvgIpc) is 2.76. The van der Waals surface area contributed by atoms with Crippen LogP contribution in [-0.2, 0) is 4.74 Å². The van der Waals surface area contributed by atoms with E-state index < -0.39 is 17.5 Å². The minimum Gasteiger partial charge on any atom is -0.378 e. The van der Waals surface area contributed by atoms with E-state index in [0.717, 1.165) is 0 Å². The van der Waals surface area contributed by atoms with Crippen LogP contribution in [0.25, 0.3) is 0 Å². The molecule has 1 saturated heterocycles. The first kappa shape index (κ1) is 19.8. The zero-order chi connectivity index (χ0) is 20.9. The summed E-state index contributed by atoms with van der Waals surface area (Å²) < 4.78 is 33.8. The number of anilines is 4.